The number of hydrogen-bond donors (Lipinski definition) is 0. The lowest BCUT2D eigenvalue weighted by Crippen LogP contribution is -2.18. The predicted octanol–water partition coefficient (Wildman–Crippen LogP) is 10.6. The average Bonchev–Trinajstić information content (AvgIpc) is 3.23. The second-order valence-electron chi connectivity index (χ2n) is 15.8. The summed E-state index contributed by atoms with van der Waals surface area (Å²) in [6, 6.07) is 41.6. The minimum Gasteiger partial charge on any atom is -0.212 e. The Hall–Kier alpha value is -6.94. The summed E-state index contributed by atoms with van der Waals surface area (Å²) in [5, 5.41) is 0. The van der Waals surface area contributed by atoms with Gasteiger partial charge in [-0.1, -0.05) is 133 Å². The number of benzene rings is 5. The summed E-state index contributed by atoms with van der Waals surface area (Å²) in [5.41, 5.74) is 4.47. The lowest BCUT2D eigenvalue weighted by Gasteiger charge is -2.19. The fourth-order valence-electron chi connectivity index (χ4n) is 6.08. The highest BCUT2D eigenvalue weighted by Crippen LogP contribution is 2.34. The maximum atomic E-state index is 14.1. The molecule has 0 radical (unpaired) electrons. The summed E-state index contributed by atoms with van der Waals surface area (Å²) in [4.78, 5) is 45.0. The molecule has 9 nitrogen and oxygen atoms in total. The molecular formula is C47H40FN9. The van der Waals surface area contributed by atoms with Gasteiger partial charge in [0.1, 0.15) is 17.5 Å². The number of halogens is 1. The van der Waals surface area contributed by atoms with Crippen LogP contribution in [0.1, 0.15) is 53.2 Å². The third-order valence-electron chi connectivity index (χ3n) is 9.15. The van der Waals surface area contributed by atoms with Crippen LogP contribution in [0.3, 0.4) is 0 Å². The molecule has 8 rings (SSSR count). The normalized spacial score (nSPS) is 11.8. The Balaban J connectivity index is 1.41. The molecule has 10 heteroatoms. The van der Waals surface area contributed by atoms with Crippen molar-refractivity contribution in [1.82, 2.24) is 44.9 Å². The van der Waals surface area contributed by atoms with Gasteiger partial charge >= 0.3 is 0 Å². The minimum absolute atomic E-state index is 0.350. The highest BCUT2D eigenvalue weighted by Gasteiger charge is 2.25. The summed E-state index contributed by atoms with van der Waals surface area (Å²) in [6.07, 6.45) is 0. The Bertz CT molecular complexity index is 2570. The van der Waals surface area contributed by atoms with Gasteiger partial charge in [-0.25, -0.2) is 49.2 Å². The van der Waals surface area contributed by atoms with Crippen LogP contribution in [0.25, 0.3) is 79.7 Å². The SMILES string of the molecule is CC(C)(C)c1nc(-c2ccccc2)nc(-c2cc(-c3nc(-c4ccccc4)nc(-c4ccc(F)cc4)n3)cc(-c3nc(-c4ccccc4)nc(C(C)(C)C)n3)c2)n1. The highest BCUT2D eigenvalue weighted by atomic mass is 19.1. The molecule has 0 aliphatic heterocycles. The van der Waals surface area contributed by atoms with Crippen molar-refractivity contribution < 1.29 is 4.39 Å². The number of rotatable bonds is 7. The van der Waals surface area contributed by atoms with Gasteiger partial charge in [-0.05, 0) is 42.5 Å². The Labute approximate surface area is 331 Å². The monoisotopic (exact) mass is 749 g/mol. The second kappa shape index (κ2) is 15.0. The molecule has 57 heavy (non-hydrogen) atoms. The topological polar surface area (TPSA) is 116 Å². The molecule has 0 saturated heterocycles. The first-order valence-electron chi connectivity index (χ1n) is 18.7. The van der Waals surface area contributed by atoms with E-state index < -0.39 is 0 Å². The van der Waals surface area contributed by atoms with Gasteiger partial charge in [-0.2, -0.15) is 0 Å². The van der Waals surface area contributed by atoms with Gasteiger partial charge in [0.2, 0.25) is 0 Å². The van der Waals surface area contributed by atoms with Gasteiger partial charge in [-0.3, -0.25) is 0 Å². The van der Waals surface area contributed by atoms with Gasteiger partial charge in [0.05, 0.1) is 0 Å². The summed E-state index contributed by atoms with van der Waals surface area (Å²) in [5.74, 6) is 4.26. The maximum absolute atomic E-state index is 14.1. The Morgan fingerprint density at radius 3 is 0.842 bits per heavy atom. The minimum atomic E-state index is -0.384. The molecule has 8 aromatic rings. The Morgan fingerprint density at radius 1 is 0.298 bits per heavy atom. The molecule has 3 heterocycles. The van der Waals surface area contributed by atoms with E-state index in [1.807, 2.05) is 109 Å². The van der Waals surface area contributed by atoms with E-state index in [0.29, 0.717) is 74.7 Å². The molecule has 0 aliphatic rings. The van der Waals surface area contributed by atoms with Crippen molar-refractivity contribution in [2.24, 2.45) is 0 Å². The van der Waals surface area contributed by atoms with Crippen molar-refractivity contribution in [2.45, 2.75) is 52.4 Å². The first-order chi connectivity index (χ1) is 27.4. The fraction of sp³-hybridized carbons (Fsp3) is 0.170. The molecule has 0 unspecified atom stereocenters. The van der Waals surface area contributed by atoms with Crippen LogP contribution in [0.5, 0.6) is 0 Å². The van der Waals surface area contributed by atoms with Crippen LogP contribution in [-0.2, 0) is 10.8 Å². The summed E-state index contributed by atoms with van der Waals surface area (Å²) in [7, 11) is 0. The standard InChI is InChI=1S/C47H40FN9/c1-46(2,3)44-54-39(30-18-12-8-13-19-30)52-42(56-44)34-26-33(27-35(28-34)43-53-40(31-20-14-9-15-21-31)55-45(57-43)47(4,5)6)41-50-37(29-16-10-7-11-17-29)49-38(51-41)32-22-24-36(48)25-23-32/h7-28H,1-6H3. The summed E-state index contributed by atoms with van der Waals surface area (Å²) < 4.78 is 14.1. The quantitative estimate of drug-likeness (QED) is 0.157. The molecular weight excluding hydrogens is 710 g/mol. The summed E-state index contributed by atoms with van der Waals surface area (Å²) >= 11 is 0. The molecule has 280 valence electrons. The zero-order chi connectivity index (χ0) is 39.7. The van der Waals surface area contributed by atoms with Gasteiger partial charge < -0.3 is 0 Å². The molecule has 5 aromatic carbocycles. The van der Waals surface area contributed by atoms with Crippen LogP contribution in [0.2, 0.25) is 0 Å². The van der Waals surface area contributed by atoms with E-state index in [9.17, 15) is 4.39 Å². The number of aromatic nitrogens is 9. The lowest BCUT2D eigenvalue weighted by atomic mass is 9.95. The van der Waals surface area contributed by atoms with Crippen molar-refractivity contribution in [3.63, 3.8) is 0 Å². The number of hydrogen-bond acceptors (Lipinski definition) is 9. The summed E-state index contributed by atoms with van der Waals surface area (Å²) in [6.45, 7) is 12.5. The number of nitrogens with zero attached hydrogens (tertiary/aromatic N) is 9. The van der Waals surface area contributed by atoms with Crippen LogP contribution in [-0.4, -0.2) is 44.9 Å². The molecule has 0 atom stereocenters. The van der Waals surface area contributed by atoms with Crippen molar-refractivity contribution >= 4 is 0 Å². The Morgan fingerprint density at radius 2 is 0.544 bits per heavy atom. The zero-order valence-corrected chi connectivity index (χ0v) is 32.6. The molecule has 0 aliphatic carbocycles. The van der Waals surface area contributed by atoms with Gasteiger partial charge in [0.15, 0.2) is 40.8 Å². The van der Waals surface area contributed by atoms with E-state index in [0.717, 1.165) is 16.7 Å². The smallest absolute Gasteiger partial charge is 0.164 e. The third-order valence-corrected chi connectivity index (χ3v) is 9.15. The van der Waals surface area contributed by atoms with E-state index in [-0.39, 0.29) is 16.6 Å². The second-order valence-corrected chi connectivity index (χ2v) is 15.8. The lowest BCUT2D eigenvalue weighted by molar-refractivity contribution is 0.543. The Kier molecular flexibility index (Phi) is 9.71. The molecule has 3 aromatic heterocycles. The zero-order valence-electron chi connectivity index (χ0n) is 32.6. The van der Waals surface area contributed by atoms with Gasteiger partial charge in [-0.15, -0.1) is 0 Å². The van der Waals surface area contributed by atoms with Crippen molar-refractivity contribution in [3.05, 3.63) is 151 Å². The van der Waals surface area contributed by atoms with Gasteiger partial charge in [0, 0.05) is 49.8 Å². The van der Waals surface area contributed by atoms with Crippen molar-refractivity contribution in [2.75, 3.05) is 0 Å². The first kappa shape index (κ1) is 37.0. The maximum Gasteiger partial charge on any atom is 0.164 e. The van der Waals surface area contributed by atoms with Gasteiger partial charge in [0.25, 0.3) is 0 Å². The predicted molar refractivity (Wildman–Crippen MR) is 222 cm³/mol. The largest absolute Gasteiger partial charge is 0.212 e. The van der Waals surface area contributed by atoms with E-state index in [1.54, 1.807) is 12.1 Å². The molecule has 0 amide bonds. The van der Waals surface area contributed by atoms with Crippen LogP contribution in [0.4, 0.5) is 4.39 Å². The fourth-order valence-corrected chi connectivity index (χ4v) is 6.08. The van der Waals surface area contributed by atoms with Crippen molar-refractivity contribution in [3.8, 4) is 79.7 Å². The molecule has 0 N–H and O–H groups in total. The molecule has 0 saturated carbocycles. The molecule has 0 spiro atoms. The van der Waals surface area contributed by atoms with Crippen LogP contribution >= 0.6 is 0 Å². The molecule has 0 fully saturated rings. The average molecular weight is 750 g/mol. The van der Waals surface area contributed by atoms with Crippen LogP contribution in [0, 0.1) is 5.82 Å². The van der Waals surface area contributed by atoms with E-state index in [2.05, 4.69) is 41.5 Å². The van der Waals surface area contributed by atoms with Crippen LogP contribution in [0.15, 0.2) is 133 Å². The first-order valence-corrected chi connectivity index (χ1v) is 18.7. The van der Waals surface area contributed by atoms with Crippen LogP contribution < -0.4 is 0 Å². The van der Waals surface area contributed by atoms with Crippen molar-refractivity contribution in [1.29, 1.82) is 0 Å². The van der Waals surface area contributed by atoms with E-state index in [4.69, 9.17) is 44.9 Å². The molecule has 0 bridgehead atoms. The highest BCUT2D eigenvalue weighted by molar-refractivity contribution is 5.77. The third kappa shape index (κ3) is 8.21. The van der Waals surface area contributed by atoms with E-state index >= 15 is 0 Å². The van der Waals surface area contributed by atoms with E-state index in [1.165, 1.54) is 12.1 Å².